The minimum absolute atomic E-state index is 0.206. The molecule has 0 aliphatic heterocycles. The zero-order valence-corrected chi connectivity index (χ0v) is 20.4. The first-order valence-corrected chi connectivity index (χ1v) is 11.7. The van der Waals surface area contributed by atoms with Gasteiger partial charge in [-0.1, -0.05) is 30.3 Å². The van der Waals surface area contributed by atoms with Crippen LogP contribution in [-0.2, 0) is 6.54 Å². The number of nitrogens with one attached hydrogen (secondary N) is 2. The van der Waals surface area contributed by atoms with Gasteiger partial charge < -0.3 is 20.1 Å². The Hall–Kier alpha value is -4.18. The Kier molecular flexibility index (Phi) is 7.41. The van der Waals surface area contributed by atoms with Crippen molar-refractivity contribution in [3.63, 3.8) is 0 Å². The minimum Gasteiger partial charge on any atom is -0.497 e. The summed E-state index contributed by atoms with van der Waals surface area (Å²) in [7, 11) is 3.06. The number of hydrogen-bond acceptors (Lipinski definition) is 7. The van der Waals surface area contributed by atoms with Crippen molar-refractivity contribution in [3.8, 4) is 32.6 Å². The Morgan fingerprint density at radius 1 is 1.06 bits per heavy atom. The van der Waals surface area contributed by atoms with E-state index in [1.165, 1.54) is 29.2 Å². The van der Waals surface area contributed by atoms with Crippen LogP contribution in [0, 0.1) is 6.92 Å². The highest BCUT2D eigenvalue weighted by Gasteiger charge is 2.14. The highest BCUT2D eigenvalue weighted by Crippen LogP contribution is 2.33. The third-order valence-corrected chi connectivity index (χ3v) is 6.41. The second-order valence-electron chi connectivity index (χ2n) is 7.53. The molecule has 0 saturated heterocycles. The van der Waals surface area contributed by atoms with Crippen LogP contribution < -0.4 is 25.7 Å². The molecule has 10 heteroatoms. The van der Waals surface area contributed by atoms with Crippen molar-refractivity contribution in [2.45, 2.75) is 13.5 Å². The van der Waals surface area contributed by atoms with Crippen LogP contribution >= 0.6 is 11.3 Å². The number of benzene rings is 2. The highest BCUT2D eigenvalue weighted by molar-refractivity contribution is 7.18. The molecule has 0 aliphatic rings. The topological polar surface area (TPSA) is 107 Å². The van der Waals surface area contributed by atoms with E-state index in [9.17, 15) is 9.59 Å². The lowest BCUT2D eigenvalue weighted by atomic mass is 10.2. The number of hydrogen-bond donors (Lipinski definition) is 2. The number of anilines is 1. The number of rotatable bonds is 8. The Morgan fingerprint density at radius 2 is 1.86 bits per heavy atom. The molecule has 0 saturated carbocycles. The quantitative estimate of drug-likeness (QED) is 0.383. The first-order chi connectivity index (χ1) is 17.0. The molecule has 0 fully saturated rings. The van der Waals surface area contributed by atoms with Crippen molar-refractivity contribution in [2.24, 2.45) is 0 Å². The fourth-order valence-corrected chi connectivity index (χ4v) is 4.45. The van der Waals surface area contributed by atoms with Gasteiger partial charge in [-0.2, -0.15) is 5.10 Å². The van der Waals surface area contributed by atoms with Crippen molar-refractivity contribution < 1.29 is 14.3 Å². The maximum Gasteiger partial charge on any atom is 0.319 e. The molecule has 2 aromatic heterocycles. The highest BCUT2D eigenvalue weighted by atomic mass is 32.1. The number of thiazole rings is 1. The number of methoxy groups -OCH3 is 2. The Balaban J connectivity index is 1.42. The third kappa shape index (κ3) is 5.67. The van der Waals surface area contributed by atoms with Crippen LogP contribution in [0.3, 0.4) is 0 Å². The van der Waals surface area contributed by atoms with Gasteiger partial charge in [0.05, 0.1) is 37.0 Å². The van der Waals surface area contributed by atoms with Crippen molar-refractivity contribution in [1.29, 1.82) is 0 Å². The summed E-state index contributed by atoms with van der Waals surface area (Å²) >= 11 is 1.53. The molecule has 4 aromatic rings. The Bertz CT molecular complexity index is 1380. The van der Waals surface area contributed by atoms with E-state index in [0.717, 1.165) is 21.1 Å². The number of carbonyl (C=O) groups excluding carboxylic acids is 1. The van der Waals surface area contributed by atoms with Gasteiger partial charge in [0.1, 0.15) is 22.2 Å². The van der Waals surface area contributed by atoms with Crippen LogP contribution in [-0.4, -0.2) is 41.6 Å². The summed E-state index contributed by atoms with van der Waals surface area (Å²) in [4.78, 5) is 30.3. The van der Waals surface area contributed by atoms with E-state index in [4.69, 9.17) is 9.47 Å². The normalized spacial score (nSPS) is 10.6. The van der Waals surface area contributed by atoms with Gasteiger partial charge in [0.25, 0.3) is 5.56 Å². The van der Waals surface area contributed by atoms with Crippen molar-refractivity contribution in [3.05, 3.63) is 76.7 Å². The molecule has 0 bridgehead atoms. The fourth-order valence-electron chi connectivity index (χ4n) is 3.41. The number of nitrogens with zero attached hydrogens (tertiary/aromatic N) is 3. The molecule has 0 radical (unpaired) electrons. The largest absolute Gasteiger partial charge is 0.497 e. The molecule has 2 heterocycles. The molecular formula is C25H25N5O4S. The van der Waals surface area contributed by atoms with Gasteiger partial charge in [0.15, 0.2) is 0 Å². The van der Waals surface area contributed by atoms with Crippen LogP contribution in [0.25, 0.3) is 21.1 Å². The smallest absolute Gasteiger partial charge is 0.319 e. The molecule has 0 spiro atoms. The van der Waals surface area contributed by atoms with E-state index in [1.807, 2.05) is 37.3 Å². The lowest BCUT2D eigenvalue weighted by molar-refractivity contribution is 0.251. The summed E-state index contributed by atoms with van der Waals surface area (Å²) in [5, 5.41) is 10.9. The number of ether oxygens (including phenoxy) is 2. The molecule has 0 unspecified atom stereocenters. The molecule has 180 valence electrons. The lowest BCUT2D eigenvalue weighted by Gasteiger charge is -2.12. The molecule has 0 atom stereocenters. The molecular weight excluding hydrogens is 466 g/mol. The van der Waals surface area contributed by atoms with E-state index in [2.05, 4.69) is 20.7 Å². The second-order valence-corrected chi connectivity index (χ2v) is 8.53. The third-order valence-electron chi connectivity index (χ3n) is 5.18. The maximum atomic E-state index is 12.4. The molecule has 4 rings (SSSR count). The summed E-state index contributed by atoms with van der Waals surface area (Å²) < 4.78 is 11.8. The molecule has 2 N–H and O–H groups in total. The summed E-state index contributed by atoms with van der Waals surface area (Å²) in [5.41, 5.74) is 2.78. The predicted molar refractivity (Wildman–Crippen MR) is 136 cm³/mol. The number of carbonyl (C=O) groups is 1. The Morgan fingerprint density at radius 3 is 2.60 bits per heavy atom. The average Bonchev–Trinajstić information content (AvgIpc) is 3.27. The SMILES string of the molecule is COc1ccc(NC(=O)NCCn2nc(-c3sc(-c4ccccc4)nc3C)ccc2=O)c(OC)c1. The summed E-state index contributed by atoms with van der Waals surface area (Å²) in [6, 6.07) is 17.8. The number of aromatic nitrogens is 3. The minimum atomic E-state index is -0.427. The van der Waals surface area contributed by atoms with Gasteiger partial charge in [-0.3, -0.25) is 4.79 Å². The van der Waals surface area contributed by atoms with Gasteiger partial charge >= 0.3 is 6.03 Å². The lowest BCUT2D eigenvalue weighted by Crippen LogP contribution is -2.34. The van der Waals surface area contributed by atoms with Crippen molar-refractivity contribution >= 4 is 23.1 Å². The monoisotopic (exact) mass is 491 g/mol. The Labute approximate surface area is 206 Å². The average molecular weight is 492 g/mol. The maximum absolute atomic E-state index is 12.4. The van der Waals surface area contributed by atoms with E-state index in [0.29, 0.717) is 22.9 Å². The number of aryl methyl sites for hydroxylation is 1. The summed E-state index contributed by atoms with van der Waals surface area (Å²) in [6.07, 6.45) is 0. The molecule has 2 amide bonds. The van der Waals surface area contributed by atoms with Crippen LogP contribution in [0.2, 0.25) is 0 Å². The zero-order chi connectivity index (χ0) is 24.8. The summed E-state index contributed by atoms with van der Waals surface area (Å²) in [6.45, 7) is 2.34. The van der Waals surface area contributed by atoms with Crippen LogP contribution in [0.15, 0.2) is 65.5 Å². The molecule has 2 aromatic carbocycles. The number of urea groups is 1. The van der Waals surface area contributed by atoms with Gasteiger partial charge in [0.2, 0.25) is 0 Å². The zero-order valence-electron chi connectivity index (χ0n) is 19.6. The molecule has 0 aliphatic carbocycles. The van der Waals surface area contributed by atoms with Crippen LogP contribution in [0.1, 0.15) is 5.69 Å². The van der Waals surface area contributed by atoms with Gasteiger partial charge in [-0.05, 0) is 25.1 Å². The van der Waals surface area contributed by atoms with Gasteiger partial charge in [-0.15, -0.1) is 11.3 Å². The molecule has 35 heavy (non-hydrogen) atoms. The fraction of sp³-hybridized carbons (Fsp3) is 0.200. The molecule has 9 nitrogen and oxygen atoms in total. The van der Waals surface area contributed by atoms with Crippen LogP contribution in [0.4, 0.5) is 10.5 Å². The van der Waals surface area contributed by atoms with E-state index in [1.54, 1.807) is 31.4 Å². The predicted octanol–water partition coefficient (Wildman–Crippen LogP) is 4.18. The second kappa shape index (κ2) is 10.8. The first-order valence-electron chi connectivity index (χ1n) is 10.9. The van der Waals surface area contributed by atoms with E-state index in [-0.39, 0.29) is 18.6 Å². The number of amides is 2. The van der Waals surface area contributed by atoms with E-state index >= 15 is 0 Å². The standard InChI is InChI=1S/C25H25N5O4S/c1-16-23(35-24(27-16)17-7-5-4-6-8-17)20-11-12-22(31)30(29-20)14-13-26-25(32)28-19-10-9-18(33-2)15-21(19)34-3/h4-12,15H,13-14H2,1-3H3,(H2,26,28,32). The van der Waals surface area contributed by atoms with E-state index < -0.39 is 6.03 Å². The van der Waals surface area contributed by atoms with Crippen molar-refractivity contribution in [1.82, 2.24) is 20.1 Å². The summed E-state index contributed by atoms with van der Waals surface area (Å²) in [5.74, 6) is 1.09. The van der Waals surface area contributed by atoms with Crippen LogP contribution in [0.5, 0.6) is 11.5 Å². The first kappa shape index (κ1) is 24.0. The van der Waals surface area contributed by atoms with Gasteiger partial charge in [-0.25, -0.2) is 14.5 Å². The van der Waals surface area contributed by atoms with Crippen molar-refractivity contribution in [2.75, 3.05) is 26.1 Å². The van der Waals surface area contributed by atoms with Gasteiger partial charge in [0, 0.05) is 24.2 Å².